The largest absolute Gasteiger partial charge is 0.486 e. The molecule has 0 saturated heterocycles. The van der Waals surface area contributed by atoms with Gasteiger partial charge in [-0.15, -0.1) is 0 Å². The summed E-state index contributed by atoms with van der Waals surface area (Å²) < 4.78 is 29.2. The number of halogens is 1. The Balaban J connectivity index is 1.50. The van der Waals surface area contributed by atoms with Crippen LogP contribution in [0, 0.1) is 12.9 Å². The van der Waals surface area contributed by atoms with E-state index in [4.69, 9.17) is 9.47 Å². The van der Waals surface area contributed by atoms with Crippen LogP contribution in [0.15, 0.2) is 66.7 Å². The van der Waals surface area contributed by atoms with Crippen molar-refractivity contribution in [3.8, 4) is 22.9 Å². The molecule has 3 aromatic carbocycles. The van der Waals surface area contributed by atoms with Crippen molar-refractivity contribution in [2.45, 2.75) is 52.9 Å². The van der Waals surface area contributed by atoms with Crippen LogP contribution in [0.4, 0.5) is 4.39 Å². The highest BCUT2D eigenvalue weighted by Crippen LogP contribution is 2.32. The van der Waals surface area contributed by atoms with Crippen LogP contribution >= 0.6 is 0 Å². The van der Waals surface area contributed by atoms with Crippen molar-refractivity contribution in [1.29, 1.82) is 0 Å². The van der Waals surface area contributed by atoms with Crippen LogP contribution in [0.2, 0.25) is 0 Å². The average Bonchev–Trinajstić information content (AvgIpc) is 3.26. The normalized spacial score (nSPS) is 12.6. The molecule has 4 aromatic rings. The maximum atomic E-state index is 15.7. The fraction of sp³-hybridized carbons (Fsp3) is 0.312. The summed E-state index contributed by atoms with van der Waals surface area (Å²) in [5, 5.41) is 9.31. The topological polar surface area (TPSA) is 76.8 Å². The molecule has 8 heteroatoms. The van der Waals surface area contributed by atoms with Crippen molar-refractivity contribution >= 4 is 5.97 Å². The molecule has 0 spiro atoms. The number of carboxylic acids is 1. The van der Waals surface area contributed by atoms with Crippen LogP contribution in [0.25, 0.3) is 11.4 Å². The second-order valence-electron chi connectivity index (χ2n) is 10.1. The second-order valence-corrected chi connectivity index (χ2v) is 10.1. The molecule has 0 aliphatic carbocycles. The van der Waals surface area contributed by atoms with Crippen molar-refractivity contribution in [3.05, 3.63) is 101 Å². The fourth-order valence-electron chi connectivity index (χ4n) is 5.03. The molecule has 0 saturated carbocycles. The summed E-state index contributed by atoms with van der Waals surface area (Å²) in [6, 6.07) is 20.6. The van der Waals surface area contributed by atoms with Crippen LogP contribution in [-0.2, 0) is 26.2 Å². The number of ether oxygens (including phenoxy) is 2. The van der Waals surface area contributed by atoms with Crippen LogP contribution in [0.1, 0.15) is 52.5 Å². The molecule has 1 aromatic heterocycles. The highest BCUT2D eigenvalue weighted by Gasteiger charge is 2.23. The lowest BCUT2D eigenvalue weighted by molar-refractivity contribution is 0.0697. The number of rotatable bonds is 11. The van der Waals surface area contributed by atoms with E-state index in [0.717, 1.165) is 40.8 Å². The zero-order chi connectivity index (χ0) is 28.1. The highest BCUT2D eigenvalue weighted by atomic mass is 19.1. The van der Waals surface area contributed by atoms with Crippen molar-refractivity contribution < 1.29 is 23.8 Å². The van der Waals surface area contributed by atoms with E-state index >= 15 is 4.39 Å². The summed E-state index contributed by atoms with van der Waals surface area (Å²) >= 11 is 0. The lowest BCUT2D eigenvalue weighted by atomic mass is 10.1. The number of aryl methyl sites for hydroxylation is 1. The molecule has 0 amide bonds. The first-order valence-electron chi connectivity index (χ1n) is 13.7. The van der Waals surface area contributed by atoms with E-state index in [1.807, 2.05) is 66.1 Å². The summed E-state index contributed by atoms with van der Waals surface area (Å²) in [6.07, 6.45) is 1.88. The molecule has 0 unspecified atom stereocenters. The van der Waals surface area contributed by atoms with Crippen LogP contribution in [0.3, 0.4) is 0 Å². The summed E-state index contributed by atoms with van der Waals surface area (Å²) in [4.78, 5) is 17.9. The van der Waals surface area contributed by atoms with E-state index in [-0.39, 0.29) is 5.56 Å². The summed E-state index contributed by atoms with van der Waals surface area (Å²) in [5.41, 5.74) is 4.67. The minimum Gasteiger partial charge on any atom is -0.486 e. The highest BCUT2D eigenvalue weighted by molar-refractivity contribution is 5.87. The zero-order valence-electron chi connectivity index (χ0n) is 22.9. The smallest absolute Gasteiger partial charge is 0.335 e. The predicted molar refractivity (Wildman–Crippen MR) is 151 cm³/mol. The van der Waals surface area contributed by atoms with Gasteiger partial charge in [-0.05, 0) is 54.3 Å². The molecule has 0 radical (unpaired) electrons. The maximum absolute atomic E-state index is 15.7. The zero-order valence-corrected chi connectivity index (χ0v) is 22.9. The van der Waals surface area contributed by atoms with Gasteiger partial charge in [-0.1, -0.05) is 55.8 Å². The molecule has 1 N–H and O–H groups in total. The number of hydrogen-bond donors (Lipinski definition) is 1. The second kappa shape index (κ2) is 12.3. The van der Waals surface area contributed by atoms with E-state index in [0.29, 0.717) is 56.7 Å². The van der Waals surface area contributed by atoms with E-state index in [1.54, 1.807) is 12.1 Å². The molecule has 40 heavy (non-hydrogen) atoms. The molecule has 7 nitrogen and oxygen atoms in total. The molecule has 0 bridgehead atoms. The van der Waals surface area contributed by atoms with Gasteiger partial charge in [-0.2, -0.15) is 9.37 Å². The number of carbonyl (C=O) groups is 1. The number of hydrogen-bond acceptors (Lipinski definition) is 5. The van der Waals surface area contributed by atoms with E-state index < -0.39 is 11.9 Å². The molecular weight excluding hydrogens is 509 g/mol. The van der Waals surface area contributed by atoms with Gasteiger partial charge in [0.25, 0.3) is 0 Å². The van der Waals surface area contributed by atoms with Gasteiger partial charge in [-0.3, -0.25) is 4.90 Å². The van der Waals surface area contributed by atoms with Gasteiger partial charge in [0.15, 0.2) is 11.5 Å². The number of aromatic carboxylic acids is 1. The third kappa shape index (κ3) is 6.18. The number of unbranched alkanes of at least 4 members (excludes halogenated alkanes) is 1. The Bertz CT molecular complexity index is 1480. The Morgan fingerprint density at radius 3 is 2.40 bits per heavy atom. The lowest BCUT2D eigenvalue weighted by Crippen LogP contribution is -2.25. The lowest BCUT2D eigenvalue weighted by Gasteiger charge is -2.25. The number of nitrogens with zero attached hydrogens (tertiary/aromatic N) is 3. The number of carboxylic acid groups (broad SMARTS) is 1. The number of aromatic nitrogens is 2. The molecule has 1 aliphatic heterocycles. The van der Waals surface area contributed by atoms with E-state index in [9.17, 15) is 9.90 Å². The third-order valence-electron chi connectivity index (χ3n) is 7.14. The molecular formula is C32H34FN3O4. The average molecular weight is 544 g/mol. The minimum atomic E-state index is -0.967. The number of fused-ring (bicyclic) bond motifs is 1. The third-order valence-corrected chi connectivity index (χ3v) is 7.14. The summed E-state index contributed by atoms with van der Waals surface area (Å²) in [7, 11) is 0. The first kappa shape index (κ1) is 27.4. The van der Waals surface area contributed by atoms with Gasteiger partial charge in [-0.25, -0.2) is 4.79 Å². The maximum Gasteiger partial charge on any atom is 0.335 e. The summed E-state index contributed by atoms with van der Waals surface area (Å²) in [5.74, 6) is 0.630. The Labute approximate surface area is 233 Å². The van der Waals surface area contributed by atoms with Gasteiger partial charge in [0.05, 0.1) is 11.3 Å². The first-order valence-corrected chi connectivity index (χ1v) is 13.7. The molecule has 0 atom stereocenters. The van der Waals surface area contributed by atoms with Gasteiger partial charge >= 0.3 is 5.97 Å². The fourth-order valence-corrected chi connectivity index (χ4v) is 5.03. The predicted octanol–water partition coefficient (Wildman–Crippen LogP) is 6.47. The van der Waals surface area contributed by atoms with Crippen molar-refractivity contribution in [3.63, 3.8) is 0 Å². The van der Waals surface area contributed by atoms with Crippen molar-refractivity contribution in [1.82, 2.24) is 14.5 Å². The Morgan fingerprint density at radius 1 is 0.975 bits per heavy atom. The Morgan fingerprint density at radius 2 is 1.68 bits per heavy atom. The minimum absolute atomic E-state index is 0.230. The quantitative estimate of drug-likeness (QED) is 0.234. The standard InChI is InChI=1S/C32H34FN3O4/c1-3-4-15-36-27(30(33)34-31(36)26-8-6-5-7-22(26)2)21-35(19-23-9-12-25(13-10-23)32(37)38)20-24-11-14-28-29(18-24)40-17-16-39-28/h5-14,18H,3-4,15-17,19-21H2,1-2H3,(H,37,38). The van der Waals surface area contributed by atoms with E-state index in [1.165, 1.54) is 0 Å². The van der Waals surface area contributed by atoms with Gasteiger partial charge in [0, 0.05) is 31.7 Å². The van der Waals surface area contributed by atoms with Crippen LogP contribution in [-0.4, -0.2) is 38.7 Å². The van der Waals surface area contributed by atoms with Gasteiger partial charge < -0.3 is 19.1 Å². The summed E-state index contributed by atoms with van der Waals surface area (Å²) in [6.45, 7) is 7.16. The number of benzene rings is 3. The molecule has 2 heterocycles. The first-order chi connectivity index (χ1) is 19.4. The van der Waals surface area contributed by atoms with Crippen LogP contribution < -0.4 is 9.47 Å². The van der Waals surface area contributed by atoms with Gasteiger partial charge in [0.2, 0.25) is 5.95 Å². The molecule has 1 aliphatic rings. The van der Waals surface area contributed by atoms with Crippen LogP contribution in [0.5, 0.6) is 11.5 Å². The molecule has 5 rings (SSSR count). The molecule has 0 fully saturated rings. The number of imidazole rings is 1. The van der Waals surface area contributed by atoms with Gasteiger partial charge in [0.1, 0.15) is 19.0 Å². The van der Waals surface area contributed by atoms with Crippen molar-refractivity contribution in [2.75, 3.05) is 13.2 Å². The monoisotopic (exact) mass is 543 g/mol. The Hall–Kier alpha value is -4.17. The Kier molecular flexibility index (Phi) is 8.45. The van der Waals surface area contributed by atoms with E-state index in [2.05, 4.69) is 16.8 Å². The SMILES string of the molecule is CCCCn1c(-c2ccccc2C)nc(F)c1CN(Cc1ccc(C(=O)O)cc1)Cc1ccc2c(c1)OCCO2. The molecule has 208 valence electrons. The van der Waals surface area contributed by atoms with Crippen molar-refractivity contribution in [2.24, 2.45) is 0 Å².